The maximum Gasteiger partial charge on any atom is 0.138 e. The zero-order valence-electron chi connectivity index (χ0n) is 13.7. The molecule has 25 heavy (non-hydrogen) atoms. The second kappa shape index (κ2) is 6.87. The first kappa shape index (κ1) is 15.5. The highest BCUT2D eigenvalue weighted by Crippen LogP contribution is 2.31. The van der Waals surface area contributed by atoms with Crippen LogP contribution in [0.25, 0.3) is 22.2 Å². The van der Waals surface area contributed by atoms with Crippen LogP contribution in [0, 0.1) is 5.82 Å². The summed E-state index contributed by atoms with van der Waals surface area (Å²) in [7, 11) is 0. The van der Waals surface area contributed by atoms with Gasteiger partial charge in [0.15, 0.2) is 0 Å². The van der Waals surface area contributed by atoms with Gasteiger partial charge in [-0.05, 0) is 35.4 Å². The number of hydrogen-bond donors (Lipinski definition) is 2. The molecule has 0 unspecified atom stereocenters. The number of benzene rings is 2. The lowest BCUT2D eigenvalue weighted by molar-refractivity contribution is 0.628. The Morgan fingerprint density at radius 2 is 1.68 bits per heavy atom. The van der Waals surface area contributed by atoms with Gasteiger partial charge >= 0.3 is 0 Å². The number of pyridine rings is 1. The number of nitrogens with zero attached hydrogens (tertiary/aromatic N) is 1. The summed E-state index contributed by atoms with van der Waals surface area (Å²) in [6, 6.07) is 20.8. The van der Waals surface area contributed by atoms with Crippen molar-refractivity contribution in [3.63, 3.8) is 0 Å². The summed E-state index contributed by atoms with van der Waals surface area (Å²) in [6.07, 6.45) is 1.77. The second-order valence-corrected chi connectivity index (χ2v) is 5.97. The van der Waals surface area contributed by atoms with Crippen molar-refractivity contribution in [3.8, 4) is 11.1 Å². The fraction of sp³-hybridized carbons (Fsp3) is 0.0952. The van der Waals surface area contributed by atoms with Crippen LogP contribution in [0.3, 0.4) is 0 Å². The van der Waals surface area contributed by atoms with Crippen molar-refractivity contribution in [2.24, 2.45) is 0 Å². The van der Waals surface area contributed by atoms with Crippen molar-refractivity contribution in [2.75, 3.05) is 0 Å². The fourth-order valence-corrected chi connectivity index (χ4v) is 3.08. The number of rotatable bonds is 5. The van der Waals surface area contributed by atoms with Crippen molar-refractivity contribution >= 4 is 11.0 Å². The van der Waals surface area contributed by atoms with Crippen LogP contribution in [-0.4, -0.2) is 9.97 Å². The predicted octanol–water partition coefficient (Wildman–Crippen LogP) is 4.66. The topological polar surface area (TPSA) is 40.7 Å². The number of nitrogens with one attached hydrogen (secondary N) is 2. The highest BCUT2D eigenvalue weighted by Gasteiger charge is 2.13. The molecule has 4 rings (SSSR count). The summed E-state index contributed by atoms with van der Waals surface area (Å²) >= 11 is 0. The summed E-state index contributed by atoms with van der Waals surface area (Å²) in [4.78, 5) is 7.81. The van der Waals surface area contributed by atoms with E-state index in [9.17, 15) is 4.39 Å². The van der Waals surface area contributed by atoms with Crippen molar-refractivity contribution in [1.82, 2.24) is 15.3 Å². The summed E-state index contributed by atoms with van der Waals surface area (Å²) in [5, 5.41) is 4.51. The Hall–Kier alpha value is -2.98. The number of aromatic nitrogens is 2. The van der Waals surface area contributed by atoms with Gasteiger partial charge in [-0.3, -0.25) is 0 Å². The Balaban J connectivity index is 1.65. The SMILES string of the molecule is Fc1ccc(-c2c(CNCc3ccccc3)[nH]c3ncccc23)cc1. The molecule has 2 heterocycles. The molecule has 4 heteroatoms. The average molecular weight is 331 g/mol. The lowest BCUT2D eigenvalue weighted by Gasteiger charge is -2.07. The fourth-order valence-electron chi connectivity index (χ4n) is 3.08. The molecule has 0 atom stereocenters. The van der Waals surface area contributed by atoms with E-state index in [1.807, 2.05) is 42.5 Å². The van der Waals surface area contributed by atoms with E-state index in [-0.39, 0.29) is 5.82 Å². The first-order valence-electron chi connectivity index (χ1n) is 8.27. The number of aromatic amines is 1. The van der Waals surface area contributed by atoms with Crippen LogP contribution in [0.1, 0.15) is 11.3 Å². The minimum atomic E-state index is -0.231. The molecular weight excluding hydrogens is 313 g/mol. The van der Waals surface area contributed by atoms with E-state index in [4.69, 9.17) is 0 Å². The molecule has 0 saturated carbocycles. The zero-order chi connectivity index (χ0) is 17.1. The molecule has 0 radical (unpaired) electrons. The molecule has 0 bridgehead atoms. The molecule has 2 aromatic heterocycles. The summed E-state index contributed by atoms with van der Waals surface area (Å²) in [6.45, 7) is 1.46. The Bertz CT molecular complexity index is 975. The minimum absolute atomic E-state index is 0.231. The van der Waals surface area contributed by atoms with Crippen molar-refractivity contribution in [2.45, 2.75) is 13.1 Å². The molecule has 0 aliphatic carbocycles. The lowest BCUT2D eigenvalue weighted by Crippen LogP contribution is -2.13. The van der Waals surface area contributed by atoms with Gasteiger partial charge in [0, 0.05) is 35.9 Å². The highest BCUT2D eigenvalue weighted by atomic mass is 19.1. The number of H-pyrrole nitrogens is 1. The van der Waals surface area contributed by atoms with Gasteiger partial charge in [0.1, 0.15) is 11.5 Å². The maximum atomic E-state index is 13.3. The maximum absolute atomic E-state index is 13.3. The van der Waals surface area contributed by atoms with Gasteiger partial charge in [-0.15, -0.1) is 0 Å². The summed E-state index contributed by atoms with van der Waals surface area (Å²) in [5.41, 5.74) is 5.19. The molecule has 0 aliphatic rings. The van der Waals surface area contributed by atoms with Gasteiger partial charge in [0.05, 0.1) is 0 Å². The Morgan fingerprint density at radius 1 is 0.880 bits per heavy atom. The number of fused-ring (bicyclic) bond motifs is 1. The van der Waals surface area contributed by atoms with Gasteiger partial charge in [-0.25, -0.2) is 9.37 Å². The molecule has 4 aromatic rings. The van der Waals surface area contributed by atoms with Crippen molar-refractivity contribution in [1.29, 1.82) is 0 Å². The zero-order valence-corrected chi connectivity index (χ0v) is 13.7. The van der Waals surface area contributed by atoms with E-state index in [1.54, 1.807) is 6.20 Å². The van der Waals surface area contributed by atoms with Crippen LogP contribution in [0.5, 0.6) is 0 Å². The first-order chi connectivity index (χ1) is 12.3. The van der Waals surface area contributed by atoms with Crippen LogP contribution in [-0.2, 0) is 13.1 Å². The van der Waals surface area contributed by atoms with Crippen LogP contribution in [0.15, 0.2) is 72.9 Å². The van der Waals surface area contributed by atoms with Crippen LogP contribution in [0.4, 0.5) is 4.39 Å². The third-order valence-corrected chi connectivity index (χ3v) is 4.25. The van der Waals surface area contributed by atoms with Crippen molar-refractivity contribution in [3.05, 3.63) is 90.0 Å². The molecule has 124 valence electrons. The van der Waals surface area contributed by atoms with Crippen LogP contribution >= 0.6 is 0 Å². The second-order valence-electron chi connectivity index (χ2n) is 5.97. The van der Waals surface area contributed by atoms with E-state index in [0.29, 0.717) is 6.54 Å². The number of hydrogen-bond acceptors (Lipinski definition) is 2. The molecule has 2 aromatic carbocycles. The monoisotopic (exact) mass is 331 g/mol. The average Bonchev–Trinajstić information content (AvgIpc) is 3.02. The lowest BCUT2D eigenvalue weighted by atomic mass is 10.0. The molecule has 2 N–H and O–H groups in total. The predicted molar refractivity (Wildman–Crippen MR) is 98.5 cm³/mol. The quantitative estimate of drug-likeness (QED) is 0.558. The van der Waals surface area contributed by atoms with Crippen LogP contribution in [0.2, 0.25) is 0 Å². The first-order valence-corrected chi connectivity index (χ1v) is 8.27. The van der Waals surface area contributed by atoms with E-state index in [1.165, 1.54) is 17.7 Å². The molecule has 3 nitrogen and oxygen atoms in total. The molecule has 0 aliphatic heterocycles. The van der Waals surface area contributed by atoms with E-state index in [2.05, 4.69) is 27.4 Å². The normalized spacial score (nSPS) is 11.1. The number of halogens is 1. The Labute approximate surface area is 145 Å². The van der Waals surface area contributed by atoms with E-state index in [0.717, 1.165) is 34.4 Å². The van der Waals surface area contributed by atoms with Crippen molar-refractivity contribution < 1.29 is 4.39 Å². The molecular formula is C21H18FN3. The third-order valence-electron chi connectivity index (χ3n) is 4.25. The van der Waals surface area contributed by atoms with Gasteiger partial charge in [0.25, 0.3) is 0 Å². The summed E-state index contributed by atoms with van der Waals surface area (Å²) < 4.78 is 13.3. The molecule has 0 spiro atoms. The Morgan fingerprint density at radius 3 is 2.48 bits per heavy atom. The van der Waals surface area contributed by atoms with Crippen LogP contribution < -0.4 is 5.32 Å². The minimum Gasteiger partial charge on any atom is -0.342 e. The van der Waals surface area contributed by atoms with Gasteiger partial charge in [-0.1, -0.05) is 42.5 Å². The van der Waals surface area contributed by atoms with Gasteiger partial charge in [-0.2, -0.15) is 0 Å². The van der Waals surface area contributed by atoms with Gasteiger partial charge in [0.2, 0.25) is 0 Å². The molecule has 0 fully saturated rings. The summed E-state index contributed by atoms with van der Waals surface area (Å²) in [5.74, 6) is -0.231. The smallest absolute Gasteiger partial charge is 0.138 e. The molecule has 0 amide bonds. The van der Waals surface area contributed by atoms with E-state index >= 15 is 0 Å². The molecule has 0 saturated heterocycles. The third kappa shape index (κ3) is 3.30. The largest absolute Gasteiger partial charge is 0.342 e. The van der Waals surface area contributed by atoms with E-state index < -0.39 is 0 Å². The Kier molecular flexibility index (Phi) is 4.27. The van der Waals surface area contributed by atoms with Gasteiger partial charge < -0.3 is 10.3 Å². The standard InChI is InChI=1S/C21H18FN3/c22-17-10-8-16(9-11-17)20-18-7-4-12-24-21(18)25-19(20)14-23-13-15-5-2-1-3-6-15/h1-12,23H,13-14H2,(H,24,25). The highest BCUT2D eigenvalue weighted by molar-refractivity contribution is 5.95.